The zero-order chi connectivity index (χ0) is 20.5. The van der Waals surface area contributed by atoms with Crippen molar-refractivity contribution >= 4 is 35.8 Å². The third kappa shape index (κ3) is 7.39. The highest BCUT2D eigenvalue weighted by Crippen LogP contribution is 2.17. The molecule has 7 nitrogen and oxygen atoms in total. The van der Waals surface area contributed by atoms with Crippen molar-refractivity contribution in [3.05, 3.63) is 35.4 Å². The summed E-state index contributed by atoms with van der Waals surface area (Å²) in [6.45, 7) is 7.57. The minimum atomic E-state index is -0.0554. The summed E-state index contributed by atoms with van der Waals surface area (Å²) in [6.07, 6.45) is 3.37. The number of nitrogens with zero attached hydrogens (tertiary/aromatic N) is 2. The average molecular weight is 530 g/mol. The number of carbonyl (C=O) groups excluding carboxylic acids is 1. The van der Waals surface area contributed by atoms with Gasteiger partial charge >= 0.3 is 0 Å². The Morgan fingerprint density at radius 1 is 1.33 bits per heavy atom. The molecule has 2 unspecified atom stereocenters. The minimum Gasteiger partial charge on any atom is -0.384 e. The Hall–Kier alpha value is -1.39. The van der Waals surface area contributed by atoms with E-state index in [0.29, 0.717) is 24.6 Å². The maximum Gasteiger partial charge on any atom is 0.251 e. The van der Waals surface area contributed by atoms with Gasteiger partial charge in [0.2, 0.25) is 0 Å². The third-order valence-corrected chi connectivity index (χ3v) is 5.44. The second kappa shape index (κ2) is 13.1. The first kappa shape index (κ1) is 24.9. The number of likely N-dealkylation sites (tertiary alicyclic amines) is 1. The van der Waals surface area contributed by atoms with E-state index >= 15 is 0 Å². The van der Waals surface area contributed by atoms with Gasteiger partial charge < -0.3 is 25.0 Å². The van der Waals surface area contributed by atoms with Crippen LogP contribution in [0, 0.1) is 5.92 Å². The lowest BCUT2D eigenvalue weighted by molar-refractivity contribution is 0.0857. The maximum atomic E-state index is 12.5. The van der Waals surface area contributed by atoms with Crippen molar-refractivity contribution < 1.29 is 14.3 Å². The molecule has 2 N–H and O–H groups in total. The highest BCUT2D eigenvalue weighted by Gasteiger charge is 2.24. The number of aliphatic imine (C=N–C) groups is 1. The van der Waals surface area contributed by atoms with Gasteiger partial charge in [-0.05, 0) is 43.9 Å². The van der Waals surface area contributed by atoms with Crippen LogP contribution in [0.2, 0.25) is 0 Å². The zero-order valence-corrected chi connectivity index (χ0v) is 20.4. The Morgan fingerprint density at radius 3 is 2.93 bits per heavy atom. The molecular formula is C22H35IN4O3. The fourth-order valence-corrected chi connectivity index (χ4v) is 3.91. The van der Waals surface area contributed by atoms with Gasteiger partial charge in [0.05, 0.1) is 19.3 Å². The van der Waals surface area contributed by atoms with Crippen LogP contribution < -0.4 is 10.6 Å². The minimum absolute atomic E-state index is 0. The maximum absolute atomic E-state index is 12.5. The standard InChI is InChI=1S/C22H34N4O3.HI/c1-3-23-22(26-10-9-18(15-26)16-28-2)25-13-17-6-4-7-19(12-17)21(27)24-14-20-8-5-11-29-20;/h4,6-7,12,18,20H,3,5,8-11,13-16H2,1-2H3,(H,23,25)(H,24,27);1H. The van der Waals surface area contributed by atoms with E-state index in [1.165, 1.54) is 0 Å². The fourth-order valence-electron chi connectivity index (χ4n) is 3.91. The van der Waals surface area contributed by atoms with Gasteiger partial charge in [-0.2, -0.15) is 0 Å². The van der Waals surface area contributed by atoms with Gasteiger partial charge in [-0.25, -0.2) is 4.99 Å². The average Bonchev–Trinajstić information content (AvgIpc) is 3.42. The molecule has 0 saturated carbocycles. The second-order valence-corrected chi connectivity index (χ2v) is 7.77. The van der Waals surface area contributed by atoms with Crippen molar-refractivity contribution in [2.24, 2.45) is 10.9 Å². The number of methoxy groups -OCH3 is 1. The molecule has 2 aliphatic rings. The van der Waals surface area contributed by atoms with E-state index in [0.717, 1.165) is 63.6 Å². The van der Waals surface area contributed by atoms with Crippen molar-refractivity contribution in [2.75, 3.05) is 46.5 Å². The van der Waals surface area contributed by atoms with E-state index in [9.17, 15) is 4.79 Å². The molecule has 2 heterocycles. The van der Waals surface area contributed by atoms with Gasteiger partial charge in [-0.3, -0.25) is 4.79 Å². The van der Waals surface area contributed by atoms with Gasteiger partial charge in [0.15, 0.2) is 5.96 Å². The number of nitrogens with one attached hydrogen (secondary N) is 2. The van der Waals surface area contributed by atoms with Crippen LogP contribution in [-0.2, 0) is 16.0 Å². The smallest absolute Gasteiger partial charge is 0.251 e. The Kier molecular flexibility index (Phi) is 10.9. The number of rotatable bonds is 8. The Morgan fingerprint density at radius 2 is 2.20 bits per heavy atom. The first-order valence-electron chi connectivity index (χ1n) is 10.7. The van der Waals surface area contributed by atoms with E-state index in [2.05, 4.69) is 22.5 Å². The number of halogens is 1. The third-order valence-electron chi connectivity index (χ3n) is 5.44. The number of amides is 1. The predicted molar refractivity (Wildman–Crippen MR) is 130 cm³/mol. The van der Waals surface area contributed by atoms with Crippen LogP contribution in [-0.4, -0.2) is 69.4 Å². The van der Waals surface area contributed by atoms with Gasteiger partial charge in [0.1, 0.15) is 0 Å². The summed E-state index contributed by atoms with van der Waals surface area (Å²) >= 11 is 0. The van der Waals surface area contributed by atoms with Crippen LogP contribution in [0.15, 0.2) is 29.3 Å². The molecule has 3 rings (SSSR count). The van der Waals surface area contributed by atoms with Crippen LogP contribution in [0.5, 0.6) is 0 Å². The summed E-state index contributed by atoms with van der Waals surface area (Å²) in [5.74, 6) is 1.43. The van der Waals surface area contributed by atoms with Crippen molar-refractivity contribution in [1.29, 1.82) is 0 Å². The van der Waals surface area contributed by atoms with E-state index < -0.39 is 0 Å². The fraction of sp³-hybridized carbons (Fsp3) is 0.636. The molecule has 0 radical (unpaired) electrons. The van der Waals surface area contributed by atoms with Crippen LogP contribution >= 0.6 is 24.0 Å². The predicted octanol–water partition coefficient (Wildman–Crippen LogP) is 2.65. The molecule has 0 bridgehead atoms. The summed E-state index contributed by atoms with van der Waals surface area (Å²) < 4.78 is 10.9. The Labute approximate surface area is 197 Å². The lowest BCUT2D eigenvalue weighted by Gasteiger charge is -2.21. The molecule has 168 valence electrons. The van der Waals surface area contributed by atoms with Gasteiger partial charge in [-0.1, -0.05) is 12.1 Å². The lowest BCUT2D eigenvalue weighted by Crippen LogP contribution is -2.40. The molecule has 2 saturated heterocycles. The molecule has 2 aliphatic heterocycles. The van der Waals surface area contributed by atoms with E-state index in [4.69, 9.17) is 14.5 Å². The number of hydrogen-bond donors (Lipinski definition) is 2. The highest BCUT2D eigenvalue weighted by molar-refractivity contribution is 14.0. The number of benzene rings is 1. The molecule has 2 fully saturated rings. The molecule has 2 atom stereocenters. The summed E-state index contributed by atoms with van der Waals surface area (Å²) in [7, 11) is 1.76. The summed E-state index contributed by atoms with van der Waals surface area (Å²) in [5.41, 5.74) is 1.69. The highest BCUT2D eigenvalue weighted by atomic mass is 127. The monoisotopic (exact) mass is 530 g/mol. The summed E-state index contributed by atoms with van der Waals surface area (Å²) in [4.78, 5) is 19.6. The number of carbonyl (C=O) groups is 1. The normalized spacial score (nSPS) is 21.4. The molecule has 8 heteroatoms. The zero-order valence-electron chi connectivity index (χ0n) is 18.1. The first-order valence-corrected chi connectivity index (χ1v) is 10.7. The molecule has 0 aromatic heterocycles. The molecule has 1 aromatic carbocycles. The number of guanidine groups is 1. The molecule has 0 spiro atoms. The van der Waals surface area contributed by atoms with E-state index in [-0.39, 0.29) is 36.0 Å². The van der Waals surface area contributed by atoms with Crippen LogP contribution in [0.4, 0.5) is 0 Å². The van der Waals surface area contributed by atoms with Crippen LogP contribution in [0.1, 0.15) is 42.1 Å². The Bertz CT molecular complexity index is 695. The number of hydrogen-bond acceptors (Lipinski definition) is 4. The van der Waals surface area contributed by atoms with Crippen molar-refractivity contribution in [3.8, 4) is 0 Å². The topological polar surface area (TPSA) is 75.2 Å². The molecular weight excluding hydrogens is 495 g/mol. The second-order valence-electron chi connectivity index (χ2n) is 7.77. The molecule has 1 amide bonds. The van der Waals surface area contributed by atoms with Gasteiger partial charge in [-0.15, -0.1) is 24.0 Å². The molecule has 0 aliphatic carbocycles. The molecule has 30 heavy (non-hydrogen) atoms. The van der Waals surface area contributed by atoms with Gasteiger partial charge in [0.25, 0.3) is 5.91 Å². The lowest BCUT2D eigenvalue weighted by atomic mass is 10.1. The van der Waals surface area contributed by atoms with E-state index in [1.807, 2.05) is 24.3 Å². The summed E-state index contributed by atoms with van der Waals surface area (Å²) in [5, 5.41) is 6.37. The number of ether oxygens (including phenoxy) is 2. The Balaban J connectivity index is 0.00000320. The van der Waals surface area contributed by atoms with Crippen molar-refractivity contribution in [2.45, 2.75) is 38.8 Å². The largest absolute Gasteiger partial charge is 0.384 e. The van der Waals surface area contributed by atoms with Crippen molar-refractivity contribution in [3.63, 3.8) is 0 Å². The SMILES string of the molecule is CCNC(=NCc1cccc(C(=O)NCC2CCCO2)c1)N1CCC(COC)C1.I. The van der Waals surface area contributed by atoms with Crippen LogP contribution in [0.3, 0.4) is 0 Å². The quantitative estimate of drug-likeness (QED) is 0.307. The van der Waals surface area contributed by atoms with E-state index in [1.54, 1.807) is 7.11 Å². The van der Waals surface area contributed by atoms with Crippen molar-refractivity contribution in [1.82, 2.24) is 15.5 Å². The summed E-state index contributed by atoms with van der Waals surface area (Å²) in [6, 6.07) is 7.71. The molecule has 1 aromatic rings. The van der Waals surface area contributed by atoms with Crippen LogP contribution in [0.25, 0.3) is 0 Å². The first-order chi connectivity index (χ1) is 14.2. The van der Waals surface area contributed by atoms with Gasteiger partial charge in [0, 0.05) is 51.4 Å².